The van der Waals surface area contributed by atoms with E-state index in [4.69, 9.17) is 5.73 Å². The zero-order chi connectivity index (χ0) is 11.1. The predicted molar refractivity (Wildman–Crippen MR) is 81.6 cm³/mol. The first-order valence-corrected chi connectivity index (χ1v) is 5.58. The molecule has 0 aromatic heterocycles. The Hall–Kier alpha value is -0.640. The second-order valence-electron chi connectivity index (χ2n) is 3.54. The van der Waals surface area contributed by atoms with Crippen LogP contribution in [0.5, 0.6) is 0 Å². The molecule has 3 nitrogen and oxygen atoms in total. The Morgan fingerprint density at radius 2 is 1.71 bits per heavy atom. The van der Waals surface area contributed by atoms with Gasteiger partial charge in [0.1, 0.15) is 0 Å². The van der Waals surface area contributed by atoms with Gasteiger partial charge < -0.3 is 16.0 Å². The summed E-state index contributed by atoms with van der Waals surface area (Å²) in [6.07, 6.45) is 0. The predicted octanol–water partition coefficient (Wildman–Crippen LogP) is 2.87. The Balaban J connectivity index is 0. The van der Waals surface area contributed by atoms with Crippen LogP contribution >= 0.6 is 24.8 Å². The van der Waals surface area contributed by atoms with Crippen molar-refractivity contribution in [2.45, 2.75) is 13.8 Å². The third-order valence-electron chi connectivity index (χ3n) is 2.60. The van der Waals surface area contributed by atoms with Gasteiger partial charge in [0.15, 0.2) is 0 Å². The number of rotatable bonds is 6. The molecule has 0 fully saturated rings. The van der Waals surface area contributed by atoms with E-state index >= 15 is 0 Å². The minimum absolute atomic E-state index is 0. The summed E-state index contributed by atoms with van der Waals surface area (Å²) in [4.78, 5) is 2.38. The molecule has 1 aromatic rings. The minimum atomic E-state index is 0. The molecule has 0 atom stereocenters. The lowest BCUT2D eigenvalue weighted by Gasteiger charge is -2.18. The Bertz CT molecular complexity index is 291. The second kappa shape index (κ2) is 10.5. The van der Waals surface area contributed by atoms with Crippen molar-refractivity contribution < 1.29 is 0 Å². The van der Waals surface area contributed by atoms with Gasteiger partial charge in [-0.15, -0.1) is 24.8 Å². The van der Waals surface area contributed by atoms with Crippen molar-refractivity contribution in [1.29, 1.82) is 0 Å². The fourth-order valence-corrected chi connectivity index (χ4v) is 1.55. The van der Waals surface area contributed by atoms with Gasteiger partial charge in [-0.3, -0.25) is 0 Å². The maximum absolute atomic E-state index is 5.83. The molecule has 1 rings (SSSR count). The lowest BCUT2D eigenvalue weighted by Crippen LogP contribution is -2.28. The molecule has 0 saturated carbocycles. The number of hydrogen-bond acceptors (Lipinski definition) is 3. The van der Waals surface area contributed by atoms with Crippen LogP contribution in [-0.4, -0.2) is 31.1 Å². The van der Waals surface area contributed by atoms with Gasteiger partial charge >= 0.3 is 0 Å². The van der Waals surface area contributed by atoms with E-state index in [2.05, 4.69) is 24.1 Å². The van der Waals surface area contributed by atoms with Crippen LogP contribution in [-0.2, 0) is 0 Å². The highest BCUT2D eigenvalue weighted by atomic mass is 35.5. The van der Waals surface area contributed by atoms with E-state index in [1.54, 1.807) is 0 Å². The summed E-state index contributed by atoms with van der Waals surface area (Å²) >= 11 is 0. The van der Waals surface area contributed by atoms with Crippen LogP contribution in [0, 0.1) is 0 Å². The number of nitrogens with two attached hydrogens (primary N) is 1. The van der Waals surface area contributed by atoms with Crippen molar-refractivity contribution in [2.24, 2.45) is 0 Å². The molecule has 17 heavy (non-hydrogen) atoms. The molecule has 0 aliphatic carbocycles. The van der Waals surface area contributed by atoms with Crippen LogP contribution in [0.25, 0.3) is 0 Å². The number of nitrogens with one attached hydrogen (secondary N) is 1. The molecule has 0 amide bonds. The monoisotopic (exact) mass is 279 g/mol. The largest absolute Gasteiger partial charge is 0.397 e. The number of halogens is 2. The standard InChI is InChI=1S/C12H21N3.2ClH/c1-3-15(4-2)10-9-14-12-8-6-5-7-11(12)13;;/h5-8,14H,3-4,9-10,13H2,1-2H3;2*1H. The maximum atomic E-state index is 5.83. The van der Waals surface area contributed by atoms with Gasteiger partial charge in [-0.2, -0.15) is 0 Å². The van der Waals surface area contributed by atoms with Gasteiger partial charge in [0, 0.05) is 13.1 Å². The summed E-state index contributed by atoms with van der Waals surface area (Å²) in [6.45, 7) is 8.56. The molecule has 0 radical (unpaired) electrons. The first-order valence-electron chi connectivity index (χ1n) is 5.58. The average Bonchev–Trinajstić information content (AvgIpc) is 2.27. The normalized spacial score (nSPS) is 9.35. The minimum Gasteiger partial charge on any atom is -0.397 e. The van der Waals surface area contributed by atoms with Crippen LogP contribution < -0.4 is 11.1 Å². The Morgan fingerprint density at radius 1 is 1.12 bits per heavy atom. The zero-order valence-electron chi connectivity index (χ0n) is 10.5. The first-order chi connectivity index (χ1) is 7.27. The third-order valence-corrected chi connectivity index (χ3v) is 2.60. The number of benzene rings is 1. The van der Waals surface area contributed by atoms with E-state index < -0.39 is 0 Å². The van der Waals surface area contributed by atoms with E-state index in [0.29, 0.717) is 0 Å². The molecule has 0 heterocycles. The molecule has 0 unspecified atom stereocenters. The van der Waals surface area contributed by atoms with Gasteiger partial charge in [0.05, 0.1) is 11.4 Å². The van der Waals surface area contributed by atoms with E-state index in [1.165, 1.54) is 0 Å². The van der Waals surface area contributed by atoms with Crippen molar-refractivity contribution >= 4 is 36.2 Å². The molecule has 0 aliphatic rings. The van der Waals surface area contributed by atoms with Crippen LogP contribution in [0.1, 0.15) is 13.8 Å². The number of nitrogen functional groups attached to an aromatic ring is 1. The van der Waals surface area contributed by atoms with Gasteiger partial charge in [-0.25, -0.2) is 0 Å². The number of nitrogens with zero attached hydrogens (tertiary/aromatic N) is 1. The summed E-state index contributed by atoms with van der Waals surface area (Å²) in [6, 6.07) is 7.87. The van der Waals surface area contributed by atoms with E-state index in [1.807, 2.05) is 24.3 Å². The van der Waals surface area contributed by atoms with Crippen molar-refractivity contribution in [1.82, 2.24) is 4.90 Å². The fraction of sp³-hybridized carbons (Fsp3) is 0.500. The molecule has 0 aliphatic heterocycles. The van der Waals surface area contributed by atoms with Gasteiger partial charge in [0.2, 0.25) is 0 Å². The number of likely N-dealkylation sites (N-methyl/N-ethyl adjacent to an activating group) is 1. The molecule has 0 spiro atoms. The number of para-hydroxylation sites is 2. The maximum Gasteiger partial charge on any atom is 0.0574 e. The molecule has 0 bridgehead atoms. The zero-order valence-corrected chi connectivity index (χ0v) is 12.1. The van der Waals surface area contributed by atoms with Gasteiger partial charge in [-0.1, -0.05) is 26.0 Å². The van der Waals surface area contributed by atoms with Crippen molar-refractivity contribution in [3.8, 4) is 0 Å². The fourth-order valence-electron chi connectivity index (χ4n) is 1.55. The van der Waals surface area contributed by atoms with Crippen LogP contribution in [0.2, 0.25) is 0 Å². The SMILES string of the molecule is CCN(CC)CCNc1ccccc1N.Cl.Cl. The van der Waals surface area contributed by atoms with Crippen LogP contribution in [0.4, 0.5) is 11.4 Å². The summed E-state index contributed by atoms with van der Waals surface area (Å²) in [7, 11) is 0. The van der Waals surface area contributed by atoms with Crippen molar-refractivity contribution in [3.05, 3.63) is 24.3 Å². The molecule has 1 aromatic carbocycles. The van der Waals surface area contributed by atoms with Crippen LogP contribution in [0.3, 0.4) is 0 Å². The number of anilines is 2. The van der Waals surface area contributed by atoms with Gasteiger partial charge in [-0.05, 0) is 25.2 Å². The second-order valence-corrected chi connectivity index (χ2v) is 3.54. The topological polar surface area (TPSA) is 41.3 Å². The Kier molecular flexibility index (Phi) is 11.6. The smallest absolute Gasteiger partial charge is 0.0574 e. The number of hydrogen-bond donors (Lipinski definition) is 2. The highest BCUT2D eigenvalue weighted by molar-refractivity contribution is 5.85. The lowest BCUT2D eigenvalue weighted by atomic mass is 10.2. The molecular formula is C12H23Cl2N3. The Labute approximate surface area is 117 Å². The Morgan fingerprint density at radius 3 is 2.24 bits per heavy atom. The van der Waals surface area contributed by atoms with Gasteiger partial charge in [0.25, 0.3) is 0 Å². The molecule has 3 N–H and O–H groups in total. The molecule has 100 valence electrons. The molecular weight excluding hydrogens is 257 g/mol. The third kappa shape index (κ3) is 6.61. The quantitative estimate of drug-likeness (QED) is 0.787. The summed E-state index contributed by atoms with van der Waals surface area (Å²) in [5, 5.41) is 3.35. The van der Waals surface area contributed by atoms with Crippen LogP contribution in [0.15, 0.2) is 24.3 Å². The van der Waals surface area contributed by atoms with E-state index in [0.717, 1.165) is 37.6 Å². The van der Waals surface area contributed by atoms with Crippen molar-refractivity contribution in [2.75, 3.05) is 37.2 Å². The summed E-state index contributed by atoms with van der Waals surface area (Å²) < 4.78 is 0. The molecule has 0 saturated heterocycles. The summed E-state index contributed by atoms with van der Waals surface area (Å²) in [5.41, 5.74) is 7.68. The molecule has 5 heteroatoms. The lowest BCUT2D eigenvalue weighted by molar-refractivity contribution is 0.316. The van der Waals surface area contributed by atoms with E-state index in [9.17, 15) is 0 Å². The summed E-state index contributed by atoms with van der Waals surface area (Å²) in [5.74, 6) is 0. The average molecular weight is 280 g/mol. The van der Waals surface area contributed by atoms with E-state index in [-0.39, 0.29) is 24.8 Å². The highest BCUT2D eigenvalue weighted by Crippen LogP contribution is 2.15. The van der Waals surface area contributed by atoms with Crippen molar-refractivity contribution in [3.63, 3.8) is 0 Å². The first kappa shape index (κ1) is 18.7. The highest BCUT2D eigenvalue weighted by Gasteiger charge is 1.99.